The maximum Gasteiger partial charge on any atom is 0.0397 e. The predicted octanol–water partition coefficient (Wildman–Crippen LogP) is 3.30. The first-order valence-corrected chi connectivity index (χ1v) is 8.39. The summed E-state index contributed by atoms with van der Waals surface area (Å²) in [7, 11) is 0. The quantitative estimate of drug-likeness (QED) is 0.498. The van der Waals surface area contributed by atoms with Crippen LogP contribution in [-0.2, 0) is 0 Å². The van der Waals surface area contributed by atoms with Crippen molar-refractivity contribution in [3.05, 3.63) is 0 Å². The van der Waals surface area contributed by atoms with Crippen molar-refractivity contribution >= 4 is 0 Å². The van der Waals surface area contributed by atoms with E-state index in [0.717, 1.165) is 19.0 Å². The van der Waals surface area contributed by atoms with Gasteiger partial charge in [-0.2, -0.15) is 0 Å². The van der Waals surface area contributed by atoms with Crippen molar-refractivity contribution < 1.29 is 0 Å². The van der Waals surface area contributed by atoms with Crippen LogP contribution in [0.3, 0.4) is 0 Å². The van der Waals surface area contributed by atoms with Gasteiger partial charge in [0.2, 0.25) is 0 Å². The summed E-state index contributed by atoms with van der Waals surface area (Å²) < 4.78 is 0. The summed E-state index contributed by atoms with van der Waals surface area (Å²) in [5, 5.41) is 0. The molecular weight excluding hydrogens is 234 g/mol. The molecule has 19 heavy (non-hydrogen) atoms. The van der Waals surface area contributed by atoms with Gasteiger partial charge in [0.1, 0.15) is 0 Å². The molecule has 3 N–H and O–H groups in total. The molecule has 1 unspecified atom stereocenters. The van der Waals surface area contributed by atoms with Gasteiger partial charge in [0.15, 0.2) is 0 Å². The molecule has 0 radical (unpaired) electrons. The number of hydrazine groups is 1. The highest BCUT2D eigenvalue weighted by atomic mass is 15.3. The molecule has 0 amide bonds. The highest BCUT2D eigenvalue weighted by Crippen LogP contribution is 2.35. The fourth-order valence-corrected chi connectivity index (χ4v) is 4.29. The van der Waals surface area contributed by atoms with Crippen molar-refractivity contribution in [2.24, 2.45) is 11.8 Å². The molecule has 1 aliphatic rings. The summed E-state index contributed by atoms with van der Waals surface area (Å²) in [5.74, 6) is 6.84. The highest BCUT2D eigenvalue weighted by molar-refractivity contribution is 4.99. The molecule has 0 bridgehead atoms. The largest absolute Gasteiger partial charge is 0.297 e. The number of nitrogens with zero attached hydrogens (tertiary/aromatic N) is 1. The van der Waals surface area contributed by atoms with E-state index >= 15 is 0 Å². The summed E-state index contributed by atoms with van der Waals surface area (Å²) in [4.78, 5) is 2.62. The van der Waals surface area contributed by atoms with Crippen LogP contribution >= 0.6 is 0 Å². The van der Waals surface area contributed by atoms with Gasteiger partial charge in [-0.3, -0.25) is 16.2 Å². The lowest BCUT2D eigenvalue weighted by atomic mass is 9.78. The molecule has 1 fully saturated rings. The molecular formula is C16H35N3. The van der Waals surface area contributed by atoms with Crippen LogP contribution in [0.25, 0.3) is 0 Å². The van der Waals surface area contributed by atoms with Gasteiger partial charge in [0, 0.05) is 11.6 Å². The molecule has 0 aromatic heterocycles. The number of nitrogens with one attached hydrogen (secondary N) is 1. The van der Waals surface area contributed by atoms with Crippen LogP contribution in [0.2, 0.25) is 0 Å². The summed E-state index contributed by atoms with van der Waals surface area (Å²) >= 11 is 0. The van der Waals surface area contributed by atoms with Gasteiger partial charge in [-0.25, -0.2) is 0 Å². The van der Waals surface area contributed by atoms with Crippen LogP contribution in [-0.4, -0.2) is 29.6 Å². The normalized spacial score (nSPS) is 19.3. The lowest BCUT2D eigenvalue weighted by Gasteiger charge is -2.48. The zero-order chi connectivity index (χ0) is 14.3. The molecule has 0 aromatic rings. The third kappa shape index (κ3) is 3.71. The van der Waals surface area contributed by atoms with Gasteiger partial charge in [-0.1, -0.05) is 53.4 Å². The Kier molecular flexibility index (Phi) is 7.33. The van der Waals surface area contributed by atoms with Gasteiger partial charge in [-0.05, 0) is 38.3 Å². The van der Waals surface area contributed by atoms with Gasteiger partial charge < -0.3 is 0 Å². The average molecular weight is 269 g/mol. The molecule has 1 aliphatic carbocycles. The van der Waals surface area contributed by atoms with Crippen LogP contribution in [0.15, 0.2) is 0 Å². The molecule has 0 saturated heterocycles. The van der Waals surface area contributed by atoms with Crippen molar-refractivity contribution in [1.29, 1.82) is 0 Å². The Hall–Kier alpha value is -0.120. The number of rotatable bonds is 9. The first kappa shape index (κ1) is 16.9. The minimum absolute atomic E-state index is 0.223. The summed E-state index contributed by atoms with van der Waals surface area (Å²) in [6.07, 6.45) is 9.23. The maximum absolute atomic E-state index is 5.96. The zero-order valence-electron chi connectivity index (χ0n) is 13.5. The highest BCUT2D eigenvalue weighted by Gasteiger charge is 2.40. The Bertz CT molecular complexity index is 228. The number of hydrogen-bond donors (Lipinski definition) is 2. The SMILES string of the molecule is CCN(CC)C(CC)(CC)C(CC1CCCC1)NN. The monoisotopic (exact) mass is 269 g/mol. The van der Waals surface area contributed by atoms with Crippen LogP contribution in [0.1, 0.15) is 72.6 Å². The van der Waals surface area contributed by atoms with Crippen molar-refractivity contribution in [3.8, 4) is 0 Å². The van der Waals surface area contributed by atoms with Crippen LogP contribution < -0.4 is 11.3 Å². The molecule has 0 heterocycles. The van der Waals surface area contributed by atoms with E-state index in [1.165, 1.54) is 44.9 Å². The fraction of sp³-hybridized carbons (Fsp3) is 1.00. The minimum Gasteiger partial charge on any atom is -0.297 e. The molecule has 0 spiro atoms. The Morgan fingerprint density at radius 3 is 2.00 bits per heavy atom. The topological polar surface area (TPSA) is 41.3 Å². The minimum atomic E-state index is 0.223. The van der Waals surface area contributed by atoms with Gasteiger partial charge in [0.25, 0.3) is 0 Å². The smallest absolute Gasteiger partial charge is 0.0397 e. The van der Waals surface area contributed by atoms with Crippen molar-refractivity contribution in [2.75, 3.05) is 13.1 Å². The lowest BCUT2D eigenvalue weighted by Crippen LogP contribution is -2.62. The number of likely N-dealkylation sites (N-methyl/N-ethyl adjacent to an activating group) is 1. The van der Waals surface area contributed by atoms with E-state index in [9.17, 15) is 0 Å². The van der Waals surface area contributed by atoms with E-state index < -0.39 is 0 Å². The van der Waals surface area contributed by atoms with E-state index in [1.54, 1.807) is 0 Å². The zero-order valence-corrected chi connectivity index (χ0v) is 13.5. The maximum atomic E-state index is 5.96. The predicted molar refractivity (Wildman–Crippen MR) is 83.9 cm³/mol. The molecule has 114 valence electrons. The van der Waals surface area contributed by atoms with E-state index in [2.05, 4.69) is 38.0 Å². The molecule has 1 atom stereocenters. The molecule has 3 nitrogen and oxygen atoms in total. The Morgan fingerprint density at radius 2 is 1.63 bits per heavy atom. The third-order valence-corrected chi connectivity index (χ3v) is 5.51. The van der Waals surface area contributed by atoms with Gasteiger partial charge >= 0.3 is 0 Å². The van der Waals surface area contributed by atoms with Crippen LogP contribution in [0.5, 0.6) is 0 Å². The fourth-order valence-electron chi connectivity index (χ4n) is 4.29. The Morgan fingerprint density at radius 1 is 1.11 bits per heavy atom. The third-order valence-electron chi connectivity index (χ3n) is 5.51. The first-order chi connectivity index (χ1) is 9.18. The van der Waals surface area contributed by atoms with Crippen molar-refractivity contribution in [3.63, 3.8) is 0 Å². The second-order valence-electron chi connectivity index (χ2n) is 6.09. The van der Waals surface area contributed by atoms with Gasteiger partial charge in [0.05, 0.1) is 0 Å². The van der Waals surface area contributed by atoms with Crippen molar-refractivity contribution in [1.82, 2.24) is 10.3 Å². The summed E-state index contributed by atoms with van der Waals surface area (Å²) in [6.45, 7) is 11.4. The standard InChI is InChI=1S/C16H35N3/c1-5-16(6-2,19(7-3)8-4)15(18-17)13-14-11-9-10-12-14/h14-15,18H,5-13,17H2,1-4H3. The second kappa shape index (κ2) is 8.23. The van der Waals surface area contributed by atoms with Crippen LogP contribution in [0.4, 0.5) is 0 Å². The Labute approximate surface area is 120 Å². The van der Waals surface area contributed by atoms with Crippen molar-refractivity contribution in [2.45, 2.75) is 84.2 Å². The summed E-state index contributed by atoms with van der Waals surface area (Å²) in [5.41, 5.74) is 3.40. The van der Waals surface area contributed by atoms with Gasteiger partial charge in [-0.15, -0.1) is 0 Å². The first-order valence-electron chi connectivity index (χ1n) is 8.39. The van der Waals surface area contributed by atoms with E-state index in [1.807, 2.05) is 0 Å². The average Bonchev–Trinajstić information content (AvgIpc) is 2.95. The molecule has 3 heteroatoms. The summed E-state index contributed by atoms with van der Waals surface area (Å²) in [6, 6.07) is 0.422. The number of hydrogen-bond acceptors (Lipinski definition) is 3. The van der Waals surface area contributed by atoms with E-state index in [0.29, 0.717) is 6.04 Å². The lowest BCUT2D eigenvalue weighted by molar-refractivity contribution is 0.0401. The number of nitrogens with two attached hydrogens (primary N) is 1. The molecule has 0 aromatic carbocycles. The second-order valence-corrected chi connectivity index (χ2v) is 6.09. The molecule has 0 aliphatic heterocycles. The Balaban J connectivity index is 2.84. The van der Waals surface area contributed by atoms with E-state index in [4.69, 9.17) is 5.84 Å². The van der Waals surface area contributed by atoms with Crippen LogP contribution in [0, 0.1) is 5.92 Å². The van der Waals surface area contributed by atoms with E-state index in [-0.39, 0.29) is 5.54 Å². The molecule has 1 rings (SSSR count). The molecule has 1 saturated carbocycles.